The Hall–Kier alpha value is -1.15. The summed E-state index contributed by atoms with van der Waals surface area (Å²) in [7, 11) is 1.60. The Morgan fingerprint density at radius 1 is 1.32 bits per heavy atom. The highest BCUT2D eigenvalue weighted by Gasteiger charge is 2.12. The zero-order chi connectivity index (χ0) is 14.4. The molecule has 0 atom stereocenters. The summed E-state index contributed by atoms with van der Waals surface area (Å²) in [6, 6.07) is 4.86. The quantitative estimate of drug-likeness (QED) is 0.781. The first-order valence-electron chi connectivity index (χ1n) is 5.34. The summed E-state index contributed by atoms with van der Waals surface area (Å²) < 4.78 is 5.29. The fourth-order valence-corrected chi connectivity index (χ4v) is 1.80. The van der Waals surface area contributed by atoms with Crippen LogP contribution < -0.4 is 4.74 Å². The van der Waals surface area contributed by atoms with Gasteiger partial charge in [-0.1, -0.05) is 34.8 Å². The van der Waals surface area contributed by atoms with E-state index in [1.165, 1.54) is 17.0 Å². The molecule has 0 fully saturated rings. The number of hydrogen-bond donors (Lipinski definition) is 0. The summed E-state index contributed by atoms with van der Waals surface area (Å²) in [5.74, 6) is 0.0375. The second kappa shape index (κ2) is 7.44. The van der Waals surface area contributed by atoms with Crippen molar-refractivity contribution in [1.29, 1.82) is 5.26 Å². The maximum absolute atomic E-state index is 11.7. The van der Waals surface area contributed by atoms with Crippen molar-refractivity contribution in [1.82, 2.24) is 4.90 Å². The number of amides is 1. The molecule has 0 radical (unpaired) electrons. The molecule has 0 aliphatic carbocycles. The van der Waals surface area contributed by atoms with Gasteiger partial charge < -0.3 is 9.64 Å². The van der Waals surface area contributed by atoms with Crippen LogP contribution in [0.2, 0.25) is 15.1 Å². The number of nitrogens with zero attached hydrogens (tertiary/aromatic N) is 2. The van der Waals surface area contributed by atoms with E-state index in [9.17, 15) is 4.79 Å². The Balaban J connectivity index is 2.60. The van der Waals surface area contributed by atoms with E-state index in [1.807, 2.05) is 6.07 Å². The molecule has 1 rings (SSSR count). The number of rotatable bonds is 5. The van der Waals surface area contributed by atoms with Crippen molar-refractivity contribution in [2.45, 2.75) is 6.42 Å². The summed E-state index contributed by atoms with van der Waals surface area (Å²) in [4.78, 5) is 13.1. The molecule has 1 aromatic carbocycles. The lowest BCUT2D eigenvalue weighted by molar-refractivity contribution is -0.131. The SMILES string of the molecule is CN(CCC#N)C(=O)COc1cc(Cl)c(Cl)cc1Cl. The molecule has 0 spiro atoms. The lowest BCUT2D eigenvalue weighted by atomic mass is 10.3. The molecule has 0 aliphatic heterocycles. The second-order valence-corrected chi connectivity index (χ2v) is 4.93. The van der Waals surface area contributed by atoms with E-state index in [1.54, 1.807) is 7.05 Å². The van der Waals surface area contributed by atoms with Crippen molar-refractivity contribution in [3.63, 3.8) is 0 Å². The van der Waals surface area contributed by atoms with Crippen LogP contribution in [0.15, 0.2) is 12.1 Å². The van der Waals surface area contributed by atoms with Crippen molar-refractivity contribution < 1.29 is 9.53 Å². The van der Waals surface area contributed by atoms with Gasteiger partial charge in [0.15, 0.2) is 6.61 Å². The Morgan fingerprint density at radius 2 is 1.95 bits per heavy atom. The Labute approximate surface area is 126 Å². The molecule has 0 saturated carbocycles. The largest absolute Gasteiger partial charge is 0.482 e. The number of nitriles is 1. The van der Waals surface area contributed by atoms with Crippen molar-refractivity contribution in [3.05, 3.63) is 27.2 Å². The summed E-state index contributed by atoms with van der Waals surface area (Å²) in [5.41, 5.74) is 0. The van der Waals surface area contributed by atoms with Crippen LogP contribution in [0, 0.1) is 11.3 Å². The van der Waals surface area contributed by atoms with Gasteiger partial charge in [-0.15, -0.1) is 0 Å². The molecular weight excluding hydrogens is 311 g/mol. The summed E-state index contributed by atoms with van der Waals surface area (Å²) in [5, 5.41) is 9.33. The lowest BCUT2D eigenvalue weighted by Crippen LogP contribution is -2.32. The zero-order valence-electron chi connectivity index (χ0n) is 10.1. The van der Waals surface area contributed by atoms with Crippen molar-refractivity contribution in [2.75, 3.05) is 20.2 Å². The fourth-order valence-electron chi connectivity index (χ4n) is 1.21. The number of carbonyl (C=O) groups excluding carboxylic acids is 1. The van der Waals surface area contributed by atoms with Crippen LogP contribution in [0.3, 0.4) is 0 Å². The molecule has 1 amide bonds. The minimum Gasteiger partial charge on any atom is -0.482 e. The van der Waals surface area contributed by atoms with Crippen LogP contribution in [-0.2, 0) is 4.79 Å². The van der Waals surface area contributed by atoms with Gasteiger partial charge in [-0.2, -0.15) is 5.26 Å². The van der Waals surface area contributed by atoms with E-state index in [2.05, 4.69) is 0 Å². The molecule has 102 valence electrons. The molecule has 4 nitrogen and oxygen atoms in total. The average molecular weight is 322 g/mol. The minimum atomic E-state index is -0.252. The lowest BCUT2D eigenvalue weighted by Gasteiger charge is -2.16. The van der Waals surface area contributed by atoms with Crippen LogP contribution in [0.5, 0.6) is 5.75 Å². The van der Waals surface area contributed by atoms with E-state index in [0.717, 1.165) is 0 Å². The van der Waals surface area contributed by atoms with Crippen LogP contribution in [0.1, 0.15) is 6.42 Å². The van der Waals surface area contributed by atoms with Gasteiger partial charge in [-0.05, 0) is 6.07 Å². The van der Waals surface area contributed by atoms with Crippen LogP contribution in [-0.4, -0.2) is 31.0 Å². The van der Waals surface area contributed by atoms with Gasteiger partial charge in [0.05, 0.1) is 27.6 Å². The summed E-state index contributed by atoms with van der Waals surface area (Å²) in [6.07, 6.45) is 0.274. The first-order valence-corrected chi connectivity index (χ1v) is 6.47. The van der Waals surface area contributed by atoms with E-state index in [-0.39, 0.29) is 29.7 Å². The number of halogens is 3. The predicted molar refractivity (Wildman–Crippen MR) is 74.8 cm³/mol. The van der Waals surface area contributed by atoms with Crippen molar-refractivity contribution in [2.24, 2.45) is 0 Å². The maximum Gasteiger partial charge on any atom is 0.260 e. The predicted octanol–water partition coefficient (Wildman–Crippen LogP) is 3.40. The van der Waals surface area contributed by atoms with Crippen LogP contribution in [0.4, 0.5) is 0 Å². The minimum absolute atomic E-state index is 0.181. The summed E-state index contributed by atoms with van der Waals surface area (Å²) >= 11 is 17.5. The Morgan fingerprint density at radius 3 is 2.58 bits per heavy atom. The molecule has 0 aromatic heterocycles. The molecule has 0 aliphatic rings. The van der Waals surface area contributed by atoms with Gasteiger partial charge in [0.2, 0.25) is 0 Å². The first kappa shape index (κ1) is 15.9. The van der Waals surface area contributed by atoms with Gasteiger partial charge in [0.1, 0.15) is 5.75 Å². The standard InChI is InChI=1S/C12H11Cl3N2O2/c1-17(4-2-3-16)12(18)7-19-11-6-9(14)8(13)5-10(11)15/h5-6H,2,4,7H2,1H3. The Kier molecular flexibility index (Phi) is 6.23. The molecule has 0 heterocycles. The monoisotopic (exact) mass is 320 g/mol. The van der Waals surface area contributed by atoms with Gasteiger partial charge in [-0.25, -0.2) is 0 Å². The van der Waals surface area contributed by atoms with Crippen molar-refractivity contribution in [3.8, 4) is 11.8 Å². The van der Waals surface area contributed by atoms with Gasteiger partial charge in [0.25, 0.3) is 5.91 Å². The number of ether oxygens (including phenoxy) is 1. The van der Waals surface area contributed by atoms with E-state index < -0.39 is 0 Å². The molecule has 7 heteroatoms. The molecule has 19 heavy (non-hydrogen) atoms. The number of carbonyl (C=O) groups is 1. The average Bonchev–Trinajstić information content (AvgIpc) is 2.38. The molecule has 0 saturated heterocycles. The maximum atomic E-state index is 11.7. The Bertz CT molecular complexity index is 514. The van der Waals surface area contributed by atoms with Gasteiger partial charge >= 0.3 is 0 Å². The van der Waals surface area contributed by atoms with Gasteiger partial charge in [-0.3, -0.25) is 4.79 Å². The third-order valence-electron chi connectivity index (χ3n) is 2.31. The zero-order valence-corrected chi connectivity index (χ0v) is 12.4. The molecule has 0 unspecified atom stereocenters. The normalized spacial score (nSPS) is 9.84. The van der Waals surface area contributed by atoms with E-state index >= 15 is 0 Å². The highest BCUT2D eigenvalue weighted by molar-refractivity contribution is 6.43. The first-order chi connectivity index (χ1) is 8.95. The molecule has 0 N–H and O–H groups in total. The highest BCUT2D eigenvalue weighted by atomic mass is 35.5. The molecular formula is C12H11Cl3N2O2. The number of benzene rings is 1. The number of hydrogen-bond acceptors (Lipinski definition) is 3. The van der Waals surface area contributed by atoms with Crippen molar-refractivity contribution >= 4 is 40.7 Å². The molecule has 0 bridgehead atoms. The van der Waals surface area contributed by atoms with Crippen LogP contribution in [0.25, 0.3) is 0 Å². The third kappa shape index (κ3) is 4.79. The number of likely N-dealkylation sites (N-methyl/N-ethyl adjacent to an activating group) is 1. The topological polar surface area (TPSA) is 53.3 Å². The fraction of sp³-hybridized carbons (Fsp3) is 0.333. The second-order valence-electron chi connectivity index (χ2n) is 3.71. The highest BCUT2D eigenvalue weighted by Crippen LogP contribution is 2.33. The van der Waals surface area contributed by atoms with Crippen LogP contribution >= 0.6 is 34.8 Å². The van der Waals surface area contributed by atoms with E-state index in [0.29, 0.717) is 16.6 Å². The van der Waals surface area contributed by atoms with Gasteiger partial charge in [0, 0.05) is 19.7 Å². The van der Waals surface area contributed by atoms with E-state index in [4.69, 9.17) is 44.8 Å². The smallest absolute Gasteiger partial charge is 0.260 e. The summed E-state index contributed by atoms with van der Waals surface area (Å²) in [6.45, 7) is 0.174. The molecule has 1 aromatic rings. The third-order valence-corrected chi connectivity index (χ3v) is 3.33.